The van der Waals surface area contributed by atoms with Crippen molar-refractivity contribution in [2.24, 2.45) is 0 Å². The van der Waals surface area contributed by atoms with Crippen LogP contribution in [0.25, 0.3) is 10.2 Å². The fourth-order valence-corrected chi connectivity index (χ4v) is 4.04. The number of aromatic nitrogens is 2. The van der Waals surface area contributed by atoms with E-state index in [1.54, 1.807) is 11.0 Å². The van der Waals surface area contributed by atoms with Crippen molar-refractivity contribution in [2.45, 2.75) is 34.6 Å². The van der Waals surface area contributed by atoms with Gasteiger partial charge < -0.3 is 9.42 Å². The molecule has 144 valence electrons. The Hall–Kier alpha value is -2.25. The molecule has 0 spiro atoms. The van der Waals surface area contributed by atoms with Crippen LogP contribution in [0.15, 0.2) is 22.7 Å². The molecular formula is C20H26N4O2S. The molecule has 0 fully saturated rings. The van der Waals surface area contributed by atoms with Gasteiger partial charge in [-0.1, -0.05) is 36.4 Å². The van der Waals surface area contributed by atoms with Crippen LogP contribution in [0, 0.1) is 20.8 Å². The molecule has 1 aromatic carbocycles. The lowest BCUT2D eigenvalue weighted by Gasteiger charge is -2.23. The summed E-state index contributed by atoms with van der Waals surface area (Å²) in [5.74, 6) is 0.0513. The molecule has 0 atom stereocenters. The van der Waals surface area contributed by atoms with Crippen LogP contribution < -0.4 is 4.90 Å². The number of thiazole rings is 1. The van der Waals surface area contributed by atoms with E-state index in [2.05, 4.69) is 49.9 Å². The van der Waals surface area contributed by atoms with E-state index in [0.717, 1.165) is 35.4 Å². The number of rotatable bonds is 7. The summed E-state index contributed by atoms with van der Waals surface area (Å²) in [5, 5.41) is 4.56. The molecule has 6 nitrogen and oxygen atoms in total. The zero-order valence-corrected chi connectivity index (χ0v) is 17.4. The molecular weight excluding hydrogens is 360 g/mol. The first-order chi connectivity index (χ1) is 12.9. The number of aryl methyl sites for hydroxylation is 3. The standard InChI is InChI=1S/C20H26N4O2S/c1-6-23(7-2)10-11-24(19(25)16-12-14(4)22-26-16)20-21-18-15(5)13(3)8-9-17(18)27-20/h8-9,12H,6-7,10-11H2,1-5H3. The number of likely N-dealkylation sites (N-methyl/N-ethyl adjacent to an activating group) is 1. The van der Waals surface area contributed by atoms with Crippen molar-refractivity contribution in [3.8, 4) is 0 Å². The molecule has 3 rings (SSSR count). The highest BCUT2D eigenvalue weighted by molar-refractivity contribution is 7.22. The second-order valence-electron chi connectivity index (χ2n) is 6.67. The lowest BCUT2D eigenvalue weighted by Crippen LogP contribution is -2.38. The molecule has 0 radical (unpaired) electrons. The predicted octanol–water partition coefficient (Wildman–Crippen LogP) is 4.20. The summed E-state index contributed by atoms with van der Waals surface area (Å²) in [6, 6.07) is 5.85. The summed E-state index contributed by atoms with van der Waals surface area (Å²) in [7, 11) is 0. The predicted molar refractivity (Wildman–Crippen MR) is 110 cm³/mol. The summed E-state index contributed by atoms with van der Waals surface area (Å²) < 4.78 is 6.31. The largest absolute Gasteiger partial charge is 0.351 e. The second kappa shape index (κ2) is 8.19. The van der Waals surface area contributed by atoms with Crippen molar-refractivity contribution in [1.82, 2.24) is 15.0 Å². The Balaban J connectivity index is 1.98. The number of amides is 1. The maximum atomic E-state index is 13.1. The van der Waals surface area contributed by atoms with Crippen LogP contribution >= 0.6 is 11.3 Å². The molecule has 0 aliphatic heterocycles. The van der Waals surface area contributed by atoms with E-state index < -0.39 is 0 Å². The van der Waals surface area contributed by atoms with E-state index in [0.29, 0.717) is 17.4 Å². The monoisotopic (exact) mass is 386 g/mol. The van der Waals surface area contributed by atoms with Crippen LogP contribution in [0.1, 0.15) is 41.2 Å². The summed E-state index contributed by atoms with van der Waals surface area (Å²) >= 11 is 1.54. The van der Waals surface area contributed by atoms with Crippen molar-refractivity contribution >= 4 is 32.6 Å². The van der Waals surface area contributed by atoms with Crippen LogP contribution in [-0.2, 0) is 0 Å². The van der Waals surface area contributed by atoms with Crippen LogP contribution in [-0.4, -0.2) is 47.1 Å². The van der Waals surface area contributed by atoms with Crippen molar-refractivity contribution in [3.63, 3.8) is 0 Å². The van der Waals surface area contributed by atoms with Crippen molar-refractivity contribution in [3.05, 3.63) is 40.8 Å². The molecule has 0 unspecified atom stereocenters. The number of nitrogens with zero attached hydrogens (tertiary/aromatic N) is 4. The fourth-order valence-electron chi connectivity index (χ4n) is 2.99. The average Bonchev–Trinajstić information content (AvgIpc) is 3.28. The molecule has 1 amide bonds. The Morgan fingerprint density at radius 3 is 2.52 bits per heavy atom. The maximum absolute atomic E-state index is 13.1. The Kier molecular flexibility index (Phi) is 5.92. The van der Waals surface area contributed by atoms with Gasteiger partial charge in [0.15, 0.2) is 5.13 Å². The highest BCUT2D eigenvalue weighted by Gasteiger charge is 2.25. The van der Waals surface area contributed by atoms with Crippen molar-refractivity contribution < 1.29 is 9.32 Å². The fraction of sp³-hybridized carbons (Fsp3) is 0.450. The van der Waals surface area contributed by atoms with E-state index in [9.17, 15) is 4.79 Å². The molecule has 0 saturated heterocycles. The lowest BCUT2D eigenvalue weighted by molar-refractivity contribution is 0.0948. The normalized spacial score (nSPS) is 11.5. The third-order valence-corrected chi connectivity index (χ3v) is 5.97. The molecule has 0 N–H and O–H groups in total. The Morgan fingerprint density at radius 1 is 1.15 bits per heavy atom. The van der Waals surface area contributed by atoms with Crippen LogP contribution in [0.4, 0.5) is 5.13 Å². The second-order valence-corrected chi connectivity index (χ2v) is 7.68. The molecule has 27 heavy (non-hydrogen) atoms. The third kappa shape index (κ3) is 4.04. The SMILES string of the molecule is CCN(CC)CCN(C(=O)c1cc(C)no1)c1nc2c(C)c(C)ccc2s1. The van der Waals surface area contributed by atoms with Gasteiger partial charge in [0.05, 0.1) is 15.9 Å². The molecule has 0 aliphatic rings. The van der Waals surface area contributed by atoms with E-state index in [4.69, 9.17) is 9.51 Å². The number of benzene rings is 1. The molecule has 3 aromatic rings. The molecule has 2 aromatic heterocycles. The summed E-state index contributed by atoms with van der Waals surface area (Å²) in [4.78, 5) is 21.9. The highest BCUT2D eigenvalue weighted by atomic mass is 32.1. The van der Waals surface area contributed by atoms with Crippen molar-refractivity contribution in [1.29, 1.82) is 0 Å². The van der Waals surface area contributed by atoms with Gasteiger partial charge in [-0.15, -0.1) is 0 Å². The Labute approximate surface area is 163 Å². The van der Waals surface area contributed by atoms with E-state index in [-0.39, 0.29) is 11.7 Å². The lowest BCUT2D eigenvalue weighted by atomic mass is 10.1. The van der Waals surface area contributed by atoms with Crippen LogP contribution in [0.2, 0.25) is 0 Å². The highest BCUT2D eigenvalue weighted by Crippen LogP contribution is 2.32. The zero-order chi connectivity index (χ0) is 19.6. The Morgan fingerprint density at radius 2 is 1.89 bits per heavy atom. The summed E-state index contributed by atoms with van der Waals surface area (Å²) in [5.41, 5.74) is 4.01. The number of anilines is 1. The maximum Gasteiger partial charge on any atom is 0.298 e. The van der Waals surface area contributed by atoms with E-state index in [1.165, 1.54) is 16.9 Å². The molecule has 7 heteroatoms. The quantitative estimate of drug-likeness (QED) is 0.609. The number of hydrogen-bond acceptors (Lipinski definition) is 6. The Bertz CT molecular complexity index is 943. The van der Waals surface area contributed by atoms with Gasteiger partial charge in [-0.3, -0.25) is 9.69 Å². The van der Waals surface area contributed by atoms with Gasteiger partial charge in [0, 0.05) is 19.2 Å². The molecule has 2 heterocycles. The van der Waals surface area contributed by atoms with Gasteiger partial charge in [-0.2, -0.15) is 0 Å². The minimum atomic E-state index is -0.198. The van der Waals surface area contributed by atoms with Crippen LogP contribution in [0.3, 0.4) is 0 Å². The van der Waals surface area contributed by atoms with E-state index >= 15 is 0 Å². The molecule has 0 bridgehead atoms. The van der Waals surface area contributed by atoms with Gasteiger partial charge >= 0.3 is 0 Å². The minimum Gasteiger partial charge on any atom is -0.351 e. The third-order valence-electron chi connectivity index (χ3n) is 4.92. The van der Waals surface area contributed by atoms with Crippen molar-refractivity contribution in [2.75, 3.05) is 31.1 Å². The summed E-state index contributed by atoms with van der Waals surface area (Å²) in [6.45, 7) is 13.4. The van der Waals surface area contributed by atoms with Crippen LogP contribution in [0.5, 0.6) is 0 Å². The number of carbonyl (C=O) groups is 1. The van der Waals surface area contributed by atoms with E-state index in [1.807, 2.05) is 6.92 Å². The van der Waals surface area contributed by atoms with Gasteiger partial charge in [0.1, 0.15) is 0 Å². The van der Waals surface area contributed by atoms with Gasteiger partial charge in [-0.05, 0) is 51.1 Å². The van der Waals surface area contributed by atoms with Gasteiger partial charge in [0.2, 0.25) is 5.76 Å². The number of carbonyl (C=O) groups excluding carboxylic acids is 1. The number of hydrogen-bond donors (Lipinski definition) is 0. The molecule has 0 saturated carbocycles. The zero-order valence-electron chi connectivity index (χ0n) is 16.6. The summed E-state index contributed by atoms with van der Waals surface area (Å²) in [6.07, 6.45) is 0. The smallest absolute Gasteiger partial charge is 0.298 e. The van der Waals surface area contributed by atoms with Gasteiger partial charge in [-0.25, -0.2) is 4.98 Å². The molecule has 0 aliphatic carbocycles. The average molecular weight is 387 g/mol. The first-order valence-corrected chi connectivity index (χ1v) is 10.1. The van der Waals surface area contributed by atoms with Gasteiger partial charge in [0.25, 0.3) is 5.91 Å². The number of fused-ring (bicyclic) bond motifs is 1. The minimum absolute atomic E-state index is 0.198. The topological polar surface area (TPSA) is 62.5 Å². The first-order valence-electron chi connectivity index (χ1n) is 9.28. The first kappa shape index (κ1) is 19.5.